The Balaban J connectivity index is 2.83. The van der Waals surface area contributed by atoms with E-state index in [1.54, 1.807) is 6.92 Å². The number of amides is 1. The molecule has 0 aliphatic rings. The van der Waals surface area contributed by atoms with E-state index in [1.165, 1.54) is 18.2 Å². The molecule has 1 aromatic rings. The summed E-state index contributed by atoms with van der Waals surface area (Å²) in [6, 6.07) is 4.16. The van der Waals surface area contributed by atoms with E-state index in [1.807, 2.05) is 0 Å². The Morgan fingerprint density at radius 2 is 2.32 bits per heavy atom. The SMILES string of the molecule is CCOc1cc(NCC(O)C(N)=O)ccc1[N+](=O)[O-]. The van der Waals surface area contributed by atoms with Crippen molar-refractivity contribution < 1.29 is 19.6 Å². The minimum Gasteiger partial charge on any atom is -0.487 e. The average molecular weight is 269 g/mol. The van der Waals surface area contributed by atoms with Crippen molar-refractivity contribution in [3.05, 3.63) is 28.3 Å². The number of carbonyl (C=O) groups is 1. The number of benzene rings is 1. The number of nitrogens with two attached hydrogens (primary N) is 1. The van der Waals surface area contributed by atoms with E-state index in [0.29, 0.717) is 5.69 Å². The van der Waals surface area contributed by atoms with Gasteiger partial charge in [-0.25, -0.2) is 0 Å². The second kappa shape index (κ2) is 6.55. The van der Waals surface area contributed by atoms with Crippen LogP contribution in [0.1, 0.15) is 6.92 Å². The number of aliphatic hydroxyl groups is 1. The quantitative estimate of drug-likeness (QED) is 0.481. The Hall–Kier alpha value is -2.35. The van der Waals surface area contributed by atoms with Crippen molar-refractivity contribution >= 4 is 17.3 Å². The van der Waals surface area contributed by atoms with Crippen LogP contribution in [-0.4, -0.2) is 35.2 Å². The molecule has 0 spiro atoms. The van der Waals surface area contributed by atoms with Gasteiger partial charge in [0.15, 0.2) is 5.75 Å². The van der Waals surface area contributed by atoms with Crippen LogP contribution in [0.4, 0.5) is 11.4 Å². The van der Waals surface area contributed by atoms with Gasteiger partial charge in [0.25, 0.3) is 0 Å². The zero-order valence-corrected chi connectivity index (χ0v) is 10.3. The van der Waals surface area contributed by atoms with Crippen molar-refractivity contribution in [2.45, 2.75) is 13.0 Å². The van der Waals surface area contributed by atoms with E-state index < -0.39 is 16.9 Å². The number of rotatable bonds is 7. The minimum atomic E-state index is -1.33. The Morgan fingerprint density at radius 1 is 1.63 bits per heavy atom. The Kier molecular flexibility index (Phi) is 5.07. The molecular weight excluding hydrogens is 254 g/mol. The second-order valence-corrected chi connectivity index (χ2v) is 3.67. The standard InChI is InChI=1S/C11H15N3O5/c1-2-19-10-5-7(3-4-8(10)14(17)18)13-6-9(15)11(12)16/h3-5,9,13,15H,2,6H2,1H3,(H2,12,16). The molecule has 8 nitrogen and oxygen atoms in total. The molecule has 1 atom stereocenters. The van der Waals surface area contributed by atoms with Crippen molar-refractivity contribution in [1.29, 1.82) is 0 Å². The summed E-state index contributed by atoms with van der Waals surface area (Å²) in [5, 5.41) is 22.7. The summed E-state index contributed by atoms with van der Waals surface area (Å²) < 4.78 is 5.16. The van der Waals surface area contributed by atoms with Gasteiger partial charge in [-0.3, -0.25) is 14.9 Å². The smallest absolute Gasteiger partial charge is 0.311 e. The monoisotopic (exact) mass is 269 g/mol. The average Bonchev–Trinajstić information content (AvgIpc) is 2.36. The first kappa shape index (κ1) is 14.7. The molecule has 0 radical (unpaired) electrons. The minimum absolute atomic E-state index is 0.0846. The van der Waals surface area contributed by atoms with Crippen LogP contribution < -0.4 is 15.8 Å². The fourth-order valence-electron chi connectivity index (χ4n) is 1.36. The lowest BCUT2D eigenvalue weighted by atomic mass is 10.2. The fourth-order valence-corrected chi connectivity index (χ4v) is 1.36. The Labute approximate surface area is 109 Å². The third-order valence-electron chi connectivity index (χ3n) is 2.28. The summed E-state index contributed by atoms with van der Waals surface area (Å²) in [5.41, 5.74) is 5.23. The number of nitro groups is 1. The van der Waals surface area contributed by atoms with Gasteiger partial charge in [0.05, 0.1) is 11.5 Å². The number of hydrogen-bond donors (Lipinski definition) is 3. The first-order chi connectivity index (χ1) is 8.95. The van der Waals surface area contributed by atoms with E-state index in [4.69, 9.17) is 10.5 Å². The van der Waals surface area contributed by atoms with Crippen molar-refractivity contribution in [2.75, 3.05) is 18.5 Å². The van der Waals surface area contributed by atoms with Gasteiger partial charge in [0.2, 0.25) is 5.91 Å². The van der Waals surface area contributed by atoms with E-state index >= 15 is 0 Å². The lowest BCUT2D eigenvalue weighted by Gasteiger charge is -2.11. The van der Waals surface area contributed by atoms with Gasteiger partial charge in [-0.1, -0.05) is 0 Å². The summed E-state index contributed by atoms with van der Waals surface area (Å²) in [7, 11) is 0. The molecule has 1 aromatic carbocycles. The third kappa shape index (κ3) is 4.11. The van der Waals surface area contributed by atoms with Gasteiger partial charge < -0.3 is 20.9 Å². The summed E-state index contributed by atoms with van der Waals surface area (Å²) in [6.45, 7) is 1.91. The van der Waals surface area contributed by atoms with Crippen molar-refractivity contribution in [1.82, 2.24) is 0 Å². The Bertz CT molecular complexity index is 477. The van der Waals surface area contributed by atoms with Gasteiger partial charge in [-0.15, -0.1) is 0 Å². The molecule has 8 heteroatoms. The molecule has 0 aliphatic heterocycles. The maximum absolute atomic E-state index is 10.8. The third-order valence-corrected chi connectivity index (χ3v) is 2.28. The van der Waals surface area contributed by atoms with Gasteiger partial charge in [0, 0.05) is 24.4 Å². The lowest BCUT2D eigenvalue weighted by Crippen LogP contribution is -2.34. The van der Waals surface area contributed by atoms with Crippen LogP contribution in [0.3, 0.4) is 0 Å². The van der Waals surface area contributed by atoms with Crippen molar-refractivity contribution in [2.24, 2.45) is 5.73 Å². The molecular formula is C11H15N3O5. The number of ether oxygens (including phenoxy) is 1. The molecule has 104 valence electrons. The lowest BCUT2D eigenvalue weighted by molar-refractivity contribution is -0.385. The van der Waals surface area contributed by atoms with Gasteiger partial charge in [-0.2, -0.15) is 0 Å². The van der Waals surface area contributed by atoms with Gasteiger partial charge in [0.1, 0.15) is 6.10 Å². The van der Waals surface area contributed by atoms with Crippen LogP contribution in [0.5, 0.6) is 5.75 Å². The highest BCUT2D eigenvalue weighted by atomic mass is 16.6. The van der Waals surface area contributed by atoms with Crippen LogP contribution in [0.25, 0.3) is 0 Å². The zero-order chi connectivity index (χ0) is 14.4. The number of nitrogens with one attached hydrogen (secondary N) is 1. The molecule has 0 bridgehead atoms. The van der Waals surface area contributed by atoms with Gasteiger partial charge >= 0.3 is 5.69 Å². The molecule has 1 rings (SSSR count). The number of nitrogens with zero attached hydrogens (tertiary/aromatic N) is 1. The second-order valence-electron chi connectivity index (χ2n) is 3.67. The predicted molar refractivity (Wildman–Crippen MR) is 68.0 cm³/mol. The van der Waals surface area contributed by atoms with E-state index in [9.17, 15) is 20.0 Å². The number of carbonyl (C=O) groups excluding carboxylic acids is 1. The van der Waals surface area contributed by atoms with E-state index in [-0.39, 0.29) is 24.6 Å². The molecule has 19 heavy (non-hydrogen) atoms. The summed E-state index contributed by atoms with van der Waals surface area (Å²) in [5.74, 6) is -0.731. The first-order valence-corrected chi connectivity index (χ1v) is 5.58. The summed E-state index contributed by atoms with van der Waals surface area (Å²) >= 11 is 0. The number of anilines is 1. The van der Waals surface area contributed by atoms with Gasteiger partial charge in [-0.05, 0) is 13.0 Å². The predicted octanol–water partition coefficient (Wildman–Crippen LogP) is 0.252. The molecule has 1 unspecified atom stereocenters. The topological polar surface area (TPSA) is 128 Å². The largest absolute Gasteiger partial charge is 0.487 e. The van der Waals surface area contributed by atoms with E-state index in [0.717, 1.165) is 0 Å². The van der Waals surface area contributed by atoms with Crippen molar-refractivity contribution in [3.63, 3.8) is 0 Å². The van der Waals surface area contributed by atoms with Crippen LogP contribution >= 0.6 is 0 Å². The molecule has 0 saturated carbocycles. The number of nitro benzene ring substituents is 1. The first-order valence-electron chi connectivity index (χ1n) is 5.58. The summed E-state index contributed by atoms with van der Waals surface area (Å²) in [4.78, 5) is 20.9. The number of primary amides is 1. The molecule has 0 aliphatic carbocycles. The van der Waals surface area contributed by atoms with E-state index in [2.05, 4.69) is 5.32 Å². The molecule has 4 N–H and O–H groups in total. The van der Waals surface area contributed by atoms with Crippen molar-refractivity contribution in [3.8, 4) is 5.75 Å². The maximum atomic E-state index is 10.8. The van der Waals surface area contributed by atoms with Crippen LogP contribution in [0.15, 0.2) is 18.2 Å². The van der Waals surface area contributed by atoms with Crippen LogP contribution in [0.2, 0.25) is 0 Å². The number of hydrogen-bond acceptors (Lipinski definition) is 6. The molecule has 0 aromatic heterocycles. The highest BCUT2D eigenvalue weighted by Gasteiger charge is 2.16. The Morgan fingerprint density at radius 3 is 2.84 bits per heavy atom. The normalized spacial score (nSPS) is 11.7. The highest BCUT2D eigenvalue weighted by Crippen LogP contribution is 2.29. The maximum Gasteiger partial charge on any atom is 0.311 e. The molecule has 1 amide bonds. The van der Waals surface area contributed by atoms with Crippen LogP contribution in [-0.2, 0) is 4.79 Å². The highest BCUT2D eigenvalue weighted by molar-refractivity contribution is 5.79. The number of aliphatic hydroxyl groups excluding tert-OH is 1. The molecule has 0 heterocycles. The molecule has 0 saturated heterocycles. The van der Waals surface area contributed by atoms with Crippen LogP contribution in [0, 0.1) is 10.1 Å². The molecule has 0 fully saturated rings. The summed E-state index contributed by atoms with van der Waals surface area (Å²) in [6.07, 6.45) is -1.33. The fraction of sp³-hybridized carbons (Fsp3) is 0.364. The zero-order valence-electron chi connectivity index (χ0n) is 10.3.